The molecule has 10 heteroatoms. The van der Waals surface area contributed by atoms with Crippen molar-refractivity contribution in [3.05, 3.63) is 41.3 Å². The summed E-state index contributed by atoms with van der Waals surface area (Å²) >= 11 is 0. The lowest BCUT2D eigenvalue weighted by molar-refractivity contribution is 0.0599. The van der Waals surface area contributed by atoms with E-state index >= 15 is 0 Å². The molecule has 1 aromatic heterocycles. The second-order valence-electron chi connectivity index (χ2n) is 7.52. The zero-order valence-corrected chi connectivity index (χ0v) is 22.1. The zero-order valence-electron chi connectivity index (χ0n) is 19.8. The molecule has 3 rings (SSSR count). The molecule has 2 aromatic rings. The maximum absolute atomic E-state index is 11.8. The fourth-order valence-corrected chi connectivity index (χ4v) is 3.69. The first-order valence-electron chi connectivity index (χ1n) is 10.7. The van der Waals surface area contributed by atoms with Crippen molar-refractivity contribution in [3.8, 4) is 11.5 Å². The number of aliphatic imine (C=N–C) groups is 1. The van der Waals surface area contributed by atoms with Gasteiger partial charge in [-0.2, -0.15) is 0 Å². The molecular formula is C23H33IN4O5. The van der Waals surface area contributed by atoms with Gasteiger partial charge in [0.2, 0.25) is 0 Å². The Hall–Kier alpha value is -2.63. The molecule has 1 saturated heterocycles. The van der Waals surface area contributed by atoms with E-state index in [4.69, 9.17) is 18.6 Å². The van der Waals surface area contributed by atoms with Gasteiger partial charge in [0.1, 0.15) is 35.1 Å². The fourth-order valence-electron chi connectivity index (χ4n) is 3.69. The SMILES string of the molecule is CCNC(=NCc1cc(C(=O)OC)c(C)o1)NC1CCN(c2cc(OC)cc(OC)c2)C1.I. The van der Waals surface area contributed by atoms with E-state index in [-0.39, 0.29) is 30.0 Å². The summed E-state index contributed by atoms with van der Waals surface area (Å²) in [6.07, 6.45) is 0.969. The maximum atomic E-state index is 11.8. The summed E-state index contributed by atoms with van der Waals surface area (Å²) in [7, 11) is 4.66. The molecule has 0 bridgehead atoms. The summed E-state index contributed by atoms with van der Waals surface area (Å²) in [6, 6.07) is 7.81. The number of furan rings is 1. The minimum absolute atomic E-state index is 0. The van der Waals surface area contributed by atoms with Crippen molar-refractivity contribution in [2.45, 2.75) is 32.9 Å². The van der Waals surface area contributed by atoms with Crippen LogP contribution in [0, 0.1) is 6.92 Å². The van der Waals surface area contributed by atoms with Crippen LogP contribution in [0.3, 0.4) is 0 Å². The predicted molar refractivity (Wildman–Crippen MR) is 138 cm³/mol. The topological polar surface area (TPSA) is 97.6 Å². The van der Waals surface area contributed by atoms with Gasteiger partial charge in [0.05, 0.1) is 21.3 Å². The fraction of sp³-hybridized carbons (Fsp3) is 0.478. The van der Waals surface area contributed by atoms with E-state index < -0.39 is 5.97 Å². The number of carbonyl (C=O) groups is 1. The summed E-state index contributed by atoms with van der Waals surface area (Å²) in [5, 5.41) is 6.77. The summed E-state index contributed by atoms with van der Waals surface area (Å²) in [6.45, 7) is 6.55. The number of hydrogen-bond donors (Lipinski definition) is 2. The lowest BCUT2D eigenvalue weighted by Crippen LogP contribution is -2.44. The summed E-state index contributed by atoms with van der Waals surface area (Å²) in [4.78, 5) is 18.7. The molecule has 2 N–H and O–H groups in total. The van der Waals surface area contributed by atoms with Crippen LogP contribution in [0.1, 0.15) is 35.2 Å². The largest absolute Gasteiger partial charge is 0.497 e. The highest BCUT2D eigenvalue weighted by Gasteiger charge is 2.24. The van der Waals surface area contributed by atoms with Crippen molar-refractivity contribution < 1.29 is 23.4 Å². The Bertz CT molecular complexity index is 940. The van der Waals surface area contributed by atoms with Crippen molar-refractivity contribution in [1.29, 1.82) is 0 Å². The molecule has 0 spiro atoms. The molecule has 0 aliphatic carbocycles. The average molecular weight is 572 g/mol. The third-order valence-electron chi connectivity index (χ3n) is 5.34. The Balaban J connectivity index is 0.00000385. The maximum Gasteiger partial charge on any atom is 0.341 e. The number of halogens is 1. The molecule has 1 aliphatic rings. The molecule has 182 valence electrons. The number of benzene rings is 1. The highest BCUT2D eigenvalue weighted by atomic mass is 127. The van der Waals surface area contributed by atoms with Gasteiger partial charge in [-0.15, -0.1) is 24.0 Å². The number of methoxy groups -OCH3 is 3. The molecule has 33 heavy (non-hydrogen) atoms. The predicted octanol–water partition coefficient (Wildman–Crippen LogP) is 3.34. The highest BCUT2D eigenvalue weighted by molar-refractivity contribution is 14.0. The first-order valence-corrected chi connectivity index (χ1v) is 10.7. The number of ether oxygens (including phenoxy) is 3. The van der Waals surface area contributed by atoms with E-state index in [2.05, 4.69) is 20.5 Å². The molecule has 9 nitrogen and oxygen atoms in total. The van der Waals surface area contributed by atoms with Gasteiger partial charge in [-0.3, -0.25) is 0 Å². The minimum atomic E-state index is -0.410. The molecule has 0 amide bonds. The van der Waals surface area contributed by atoms with Crippen molar-refractivity contribution in [2.75, 3.05) is 45.9 Å². The molecule has 1 aliphatic heterocycles. The Morgan fingerprint density at radius 2 is 1.88 bits per heavy atom. The van der Waals surface area contributed by atoms with Crippen LogP contribution in [0.2, 0.25) is 0 Å². The standard InChI is InChI=1S/C23H32N4O5.HI/c1-6-24-23(25-13-20-12-21(15(2)32-20)22(28)31-5)26-16-7-8-27(14-16)17-9-18(29-3)11-19(10-17)30-4;/h9-12,16H,6-8,13-14H2,1-5H3,(H2,24,25,26);1H. The van der Waals surface area contributed by atoms with Gasteiger partial charge in [-0.25, -0.2) is 9.79 Å². The van der Waals surface area contributed by atoms with Crippen LogP contribution >= 0.6 is 24.0 Å². The molecule has 1 fully saturated rings. The number of guanidine groups is 1. The van der Waals surface area contributed by atoms with E-state index in [9.17, 15) is 4.79 Å². The Kier molecular flexibility index (Phi) is 10.1. The summed E-state index contributed by atoms with van der Waals surface area (Å²) in [5.74, 6) is 2.97. The molecule has 0 saturated carbocycles. The van der Waals surface area contributed by atoms with E-state index in [1.165, 1.54) is 7.11 Å². The lowest BCUT2D eigenvalue weighted by Gasteiger charge is -2.21. The van der Waals surface area contributed by atoms with Gasteiger partial charge in [-0.1, -0.05) is 0 Å². The van der Waals surface area contributed by atoms with Crippen LogP contribution in [-0.4, -0.2) is 58.9 Å². The van der Waals surface area contributed by atoms with E-state index in [0.29, 0.717) is 29.6 Å². The van der Waals surface area contributed by atoms with Crippen molar-refractivity contribution in [2.24, 2.45) is 4.99 Å². The van der Waals surface area contributed by atoms with Crippen LogP contribution in [0.25, 0.3) is 0 Å². The van der Waals surface area contributed by atoms with Crippen LogP contribution in [0.5, 0.6) is 11.5 Å². The third kappa shape index (κ3) is 6.92. The van der Waals surface area contributed by atoms with Gasteiger partial charge in [0, 0.05) is 49.6 Å². The lowest BCUT2D eigenvalue weighted by atomic mass is 10.2. The Morgan fingerprint density at radius 1 is 1.18 bits per heavy atom. The minimum Gasteiger partial charge on any atom is -0.497 e. The number of hydrogen-bond acceptors (Lipinski definition) is 7. The number of nitrogens with one attached hydrogen (secondary N) is 2. The van der Waals surface area contributed by atoms with Gasteiger partial charge in [0.25, 0.3) is 0 Å². The summed E-state index contributed by atoms with van der Waals surface area (Å²) < 4.78 is 21.2. The molecular weight excluding hydrogens is 539 g/mol. The quantitative estimate of drug-likeness (QED) is 0.215. The number of carbonyl (C=O) groups excluding carboxylic acids is 1. The normalized spacial score (nSPS) is 15.6. The first-order chi connectivity index (χ1) is 15.5. The van der Waals surface area contributed by atoms with Crippen LogP contribution in [-0.2, 0) is 11.3 Å². The summed E-state index contributed by atoms with van der Waals surface area (Å²) in [5.41, 5.74) is 1.49. The Morgan fingerprint density at radius 3 is 2.48 bits per heavy atom. The number of aryl methyl sites for hydroxylation is 1. The third-order valence-corrected chi connectivity index (χ3v) is 5.34. The van der Waals surface area contributed by atoms with Crippen molar-refractivity contribution in [1.82, 2.24) is 10.6 Å². The first kappa shape index (κ1) is 26.6. The molecule has 1 aromatic carbocycles. The van der Waals surface area contributed by atoms with E-state index in [1.807, 2.05) is 25.1 Å². The molecule has 1 unspecified atom stereocenters. The van der Waals surface area contributed by atoms with Crippen LogP contribution < -0.4 is 25.0 Å². The van der Waals surface area contributed by atoms with Crippen molar-refractivity contribution >= 4 is 41.6 Å². The van der Waals surface area contributed by atoms with Gasteiger partial charge < -0.3 is 34.2 Å². The van der Waals surface area contributed by atoms with E-state index in [0.717, 1.165) is 43.2 Å². The number of rotatable bonds is 8. The van der Waals surface area contributed by atoms with Gasteiger partial charge in [-0.05, 0) is 26.3 Å². The van der Waals surface area contributed by atoms with E-state index in [1.54, 1.807) is 27.2 Å². The van der Waals surface area contributed by atoms with Gasteiger partial charge in [0.15, 0.2) is 5.96 Å². The number of nitrogens with zero attached hydrogens (tertiary/aromatic N) is 2. The monoisotopic (exact) mass is 572 g/mol. The van der Waals surface area contributed by atoms with Gasteiger partial charge >= 0.3 is 5.97 Å². The zero-order chi connectivity index (χ0) is 23.1. The smallest absolute Gasteiger partial charge is 0.341 e. The van der Waals surface area contributed by atoms with Crippen LogP contribution in [0.15, 0.2) is 33.7 Å². The number of anilines is 1. The molecule has 2 heterocycles. The van der Waals surface area contributed by atoms with Crippen molar-refractivity contribution in [3.63, 3.8) is 0 Å². The second-order valence-corrected chi connectivity index (χ2v) is 7.52. The highest BCUT2D eigenvalue weighted by Crippen LogP contribution is 2.30. The average Bonchev–Trinajstić information content (AvgIpc) is 3.43. The molecule has 1 atom stereocenters. The molecule has 0 radical (unpaired) electrons. The van der Waals surface area contributed by atoms with Crippen LogP contribution in [0.4, 0.5) is 5.69 Å². The second kappa shape index (κ2) is 12.6. The number of esters is 1. The Labute approximate surface area is 211 Å².